The maximum atomic E-state index is 11.8. The Hall–Kier alpha value is -0.940. The van der Waals surface area contributed by atoms with Crippen LogP contribution in [0, 0.1) is 11.3 Å². The molecule has 1 saturated carbocycles. The van der Waals surface area contributed by atoms with Crippen molar-refractivity contribution in [3.05, 3.63) is 17.0 Å². The fraction of sp³-hybridized carbons (Fsp3) is 0.500. The quantitative estimate of drug-likeness (QED) is 0.847. The van der Waals surface area contributed by atoms with Crippen LogP contribution in [0.3, 0.4) is 0 Å². The van der Waals surface area contributed by atoms with E-state index in [-0.39, 0.29) is 10.3 Å². The highest BCUT2D eigenvalue weighted by Gasteiger charge is 2.21. The van der Waals surface area contributed by atoms with Gasteiger partial charge in [-0.2, -0.15) is 5.26 Å². The fourth-order valence-electron chi connectivity index (χ4n) is 1.70. The Morgan fingerprint density at radius 1 is 1.41 bits per heavy atom. The average molecular weight is 272 g/mol. The van der Waals surface area contributed by atoms with Crippen molar-refractivity contribution in [2.75, 3.05) is 0 Å². The van der Waals surface area contributed by atoms with Crippen LogP contribution in [0.5, 0.6) is 0 Å². The predicted octanol–water partition coefficient (Wildman–Crippen LogP) is 1.77. The van der Waals surface area contributed by atoms with E-state index in [0.29, 0.717) is 4.88 Å². The number of nitriles is 1. The average Bonchev–Trinajstić information content (AvgIpc) is 2.98. The number of thiophene rings is 1. The van der Waals surface area contributed by atoms with Gasteiger partial charge in [0.2, 0.25) is 0 Å². The van der Waals surface area contributed by atoms with Gasteiger partial charge in [-0.3, -0.25) is 4.84 Å². The van der Waals surface area contributed by atoms with Gasteiger partial charge in [0.15, 0.2) is 0 Å². The molecule has 0 amide bonds. The minimum absolute atomic E-state index is 0.0276. The molecule has 17 heavy (non-hydrogen) atoms. The molecule has 0 spiro atoms. The van der Waals surface area contributed by atoms with Crippen molar-refractivity contribution in [1.82, 2.24) is 4.89 Å². The molecular formula is C10H12N2O3S2. The van der Waals surface area contributed by atoms with Gasteiger partial charge in [0.25, 0.3) is 10.0 Å². The van der Waals surface area contributed by atoms with E-state index in [1.807, 2.05) is 6.07 Å². The van der Waals surface area contributed by atoms with Gasteiger partial charge in [0.1, 0.15) is 15.2 Å². The third-order valence-corrected chi connectivity index (χ3v) is 5.26. The lowest BCUT2D eigenvalue weighted by atomic mass is 10.3. The monoisotopic (exact) mass is 272 g/mol. The summed E-state index contributed by atoms with van der Waals surface area (Å²) >= 11 is 0.931. The molecule has 1 aliphatic rings. The van der Waals surface area contributed by atoms with Crippen LogP contribution in [-0.2, 0) is 14.9 Å². The Kier molecular flexibility index (Phi) is 3.79. The van der Waals surface area contributed by atoms with Crippen LogP contribution >= 0.6 is 11.3 Å². The van der Waals surface area contributed by atoms with Crippen molar-refractivity contribution in [3.63, 3.8) is 0 Å². The highest BCUT2D eigenvalue weighted by atomic mass is 32.2. The minimum atomic E-state index is -3.64. The van der Waals surface area contributed by atoms with Crippen molar-refractivity contribution in [2.45, 2.75) is 36.0 Å². The fourth-order valence-corrected chi connectivity index (χ4v) is 3.64. The van der Waals surface area contributed by atoms with Crippen LogP contribution < -0.4 is 4.89 Å². The Balaban J connectivity index is 2.00. The highest BCUT2D eigenvalue weighted by molar-refractivity contribution is 7.91. The van der Waals surface area contributed by atoms with Gasteiger partial charge >= 0.3 is 0 Å². The van der Waals surface area contributed by atoms with Gasteiger partial charge in [-0.25, -0.2) is 8.42 Å². The minimum Gasteiger partial charge on any atom is -0.284 e. The van der Waals surface area contributed by atoms with Crippen LogP contribution in [0.25, 0.3) is 0 Å². The van der Waals surface area contributed by atoms with Crippen LogP contribution in [-0.4, -0.2) is 14.5 Å². The molecule has 0 radical (unpaired) electrons. The lowest BCUT2D eigenvalue weighted by Gasteiger charge is -2.10. The zero-order chi connectivity index (χ0) is 12.3. The number of hydrogen-bond donors (Lipinski definition) is 1. The Morgan fingerprint density at radius 3 is 2.71 bits per heavy atom. The van der Waals surface area contributed by atoms with E-state index in [4.69, 9.17) is 10.1 Å². The van der Waals surface area contributed by atoms with E-state index < -0.39 is 10.0 Å². The molecule has 92 valence electrons. The normalized spacial score (nSPS) is 17.1. The second kappa shape index (κ2) is 5.14. The maximum absolute atomic E-state index is 11.8. The topological polar surface area (TPSA) is 79.2 Å². The molecular weight excluding hydrogens is 260 g/mol. The summed E-state index contributed by atoms with van der Waals surface area (Å²) in [6.45, 7) is 0. The molecule has 5 nitrogen and oxygen atoms in total. The van der Waals surface area contributed by atoms with E-state index in [9.17, 15) is 8.42 Å². The molecule has 7 heteroatoms. The second-order valence-electron chi connectivity index (χ2n) is 3.84. The summed E-state index contributed by atoms with van der Waals surface area (Å²) in [5.74, 6) is 0. The summed E-state index contributed by atoms with van der Waals surface area (Å²) in [6, 6.07) is 4.79. The van der Waals surface area contributed by atoms with Gasteiger partial charge in [-0.15, -0.1) is 11.3 Å². The Morgan fingerprint density at radius 2 is 2.12 bits per heavy atom. The molecule has 1 aromatic heterocycles. The van der Waals surface area contributed by atoms with E-state index >= 15 is 0 Å². The van der Waals surface area contributed by atoms with Gasteiger partial charge in [0, 0.05) is 0 Å². The smallest absolute Gasteiger partial charge is 0.271 e. The molecule has 0 aliphatic heterocycles. The first kappa shape index (κ1) is 12.5. The molecule has 0 aromatic carbocycles. The first-order valence-electron chi connectivity index (χ1n) is 5.29. The molecule has 1 aliphatic carbocycles. The van der Waals surface area contributed by atoms with E-state index in [1.54, 1.807) is 0 Å². The van der Waals surface area contributed by atoms with Crippen LogP contribution in [0.4, 0.5) is 0 Å². The zero-order valence-corrected chi connectivity index (χ0v) is 10.7. The SMILES string of the molecule is N#Cc1ccc(S(=O)(=O)NOC2CCCC2)s1. The van der Waals surface area contributed by atoms with Crippen LogP contribution in [0.15, 0.2) is 16.3 Å². The van der Waals surface area contributed by atoms with Gasteiger partial charge in [0.05, 0.1) is 6.10 Å². The van der Waals surface area contributed by atoms with Crippen LogP contribution in [0.1, 0.15) is 30.6 Å². The van der Waals surface area contributed by atoms with E-state index in [0.717, 1.165) is 37.0 Å². The summed E-state index contributed by atoms with van der Waals surface area (Å²) in [5.41, 5.74) is 0. The number of hydrogen-bond acceptors (Lipinski definition) is 5. The van der Waals surface area contributed by atoms with Crippen molar-refractivity contribution in [1.29, 1.82) is 5.26 Å². The number of sulfonamides is 1. The molecule has 0 saturated heterocycles. The van der Waals surface area contributed by atoms with E-state index in [2.05, 4.69) is 4.89 Å². The molecule has 1 fully saturated rings. The van der Waals surface area contributed by atoms with Gasteiger partial charge < -0.3 is 0 Å². The van der Waals surface area contributed by atoms with Crippen molar-refractivity contribution < 1.29 is 13.3 Å². The van der Waals surface area contributed by atoms with Crippen molar-refractivity contribution >= 4 is 21.4 Å². The van der Waals surface area contributed by atoms with Crippen molar-refractivity contribution in [2.24, 2.45) is 0 Å². The Bertz CT molecular complexity index is 524. The molecule has 1 aromatic rings. The third kappa shape index (κ3) is 3.04. The summed E-state index contributed by atoms with van der Waals surface area (Å²) in [5, 5.41) is 8.63. The predicted molar refractivity (Wildman–Crippen MR) is 62.7 cm³/mol. The number of nitrogens with one attached hydrogen (secondary N) is 1. The van der Waals surface area contributed by atoms with Crippen LogP contribution in [0.2, 0.25) is 0 Å². The maximum Gasteiger partial charge on any atom is 0.271 e. The molecule has 1 heterocycles. The Labute approximate surface area is 104 Å². The van der Waals surface area contributed by atoms with Crippen molar-refractivity contribution in [3.8, 4) is 6.07 Å². The number of rotatable bonds is 4. The summed E-state index contributed by atoms with van der Waals surface area (Å²) in [6.07, 6.45) is 3.89. The number of nitrogens with zero attached hydrogens (tertiary/aromatic N) is 1. The summed E-state index contributed by atoms with van der Waals surface area (Å²) in [7, 11) is -3.64. The first-order valence-corrected chi connectivity index (χ1v) is 7.59. The lowest BCUT2D eigenvalue weighted by molar-refractivity contribution is 0.0224. The molecule has 0 bridgehead atoms. The molecule has 1 N–H and O–H groups in total. The summed E-state index contributed by atoms with van der Waals surface area (Å²) < 4.78 is 23.7. The molecule has 2 rings (SSSR count). The van der Waals surface area contributed by atoms with Gasteiger partial charge in [-0.1, -0.05) is 17.7 Å². The second-order valence-corrected chi connectivity index (χ2v) is 6.80. The molecule has 0 unspecified atom stereocenters. The van der Waals surface area contributed by atoms with E-state index in [1.165, 1.54) is 12.1 Å². The molecule has 0 atom stereocenters. The lowest BCUT2D eigenvalue weighted by Crippen LogP contribution is -2.27. The summed E-state index contributed by atoms with van der Waals surface area (Å²) in [4.78, 5) is 7.65. The standard InChI is InChI=1S/C10H12N2O3S2/c11-7-9-5-6-10(16-9)17(13,14)12-15-8-3-1-2-4-8/h5-6,8,12H,1-4H2. The van der Waals surface area contributed by atoms with Gasteiger partial charge in [-0.05, 0) is 25.0 Å². The first-order chi connectivity index (χ1) is 8.12. The largest absolute Gasteiger partial charge is 0.284 e. The third-order valence-electron chi connectivity index (χ3n) is 2.58. The highest BCUT2D eigenvalue weighted by Crippen LogP contribution is 2.23. The zero-order valence-electron chi connectivity index (χ0n) is 9.05.